The van der Waals surface area contributed by atoms with E-state index in [0.29, 0.717) is 18.4 Å². The van der Waals surface area contributed by atoms with E-state index in [2.05, 4.69) is 4.90 Å². The molecule has 0 amide bonds. The van der Waals surface area contributed by atoms with Gasteiger partial charge < -0.3 is 9.84 Å². The molecule has 0 aromatic heterocycles. The normalized spacial score (nSPS) is 16.8. The first kappa shape index (κ1) is 21.6. The zero-order valence-corrected chi connectivity index (χ0v) is 17.0. The molecule has 1 saturated heterocycles. The Kier molecular flexibility index (Phi) is 7.60. The minimum absolute atomic E-state index is 0.0767. The summed E-state index contributed by atoms with van der Waals surface area (Å²) in [4.78, 5) is 15.2. The number of aliphatic carboxylic acids is 1. The number of sulfonamides is 1. The summed E-state index contributed by atoms with van der Waals surface area (Å²) in [6.45, 7) is 3.21. The number of likely N-dealkylation sites (N-methyl/N-ethyl adjacent to an activating group) is 1. The SMILES string of the molecule is CN(CC(=O)O)C1CCN(CCOc2ccc(S(=O)(=O)N(C)C)cc2)CC1. The maximum absolute atomic E-state index is 12.0. The largest absolute Gasteiger partial charge is 0.492 e. The molecule has 27 heavy (non-hydrogen) atoms. The Balaban J connectivity index is 1.74. The number of benzene rings is 1. The molecule has 152 valence electrons. The number of nitrogens with zero attached hydrogens (tertiary/aromatic N) is 3. The third-order valence-corrected chi connectivity index (χ3v) is 6.67. The van der Waals surface area contributed by atoms with Crippen molar-refractivity contribution in [1.82, 2.24) is 14.1 Å². The van der Waals surface area contributed by atoms with Crippen LogP contribution in [0.15, 0.2) is 29.2 Å². The number of ether oxygens (including phenoxy) is 1. The van der Waals surface area contributed by atoms with E-state index in [4.69, 9.17) is 9.84 Å². The molecule has 1 aromatic rings. The molecular weight excluding hydrogens is 370 g/mol. The molecular formula is C18H29N3O5S. The highest BCUT2D eigenvalue weighted by atomic mass is 32.2. The summed E-state index contributed by atoms with van der Waals surface area (Å²) in [6.07, 6.45) is 1.89. The van der Waals surface area contributed by atoms with Gasteiger partial charge in [0.1, 0.15) is 12.4 Å². The second-order valence-electron chi connectivity index (χ2n) is 6.99. The van der Waals surface area contributed by atoms with Crippen molar-refractivity contribution in [3.8, 4) is 5.75 Å². The average Bonchev–Trinajstić information content (AvgIpc) is 2.62. The van der Waals surface area contributed by atoms with Crippen LogP contribution in [0, 0.1) is 0 Å². The van der Waals surface area contributed by atoms with E-state index < -0.39 is 16.0 Å². The van der Waals surface area contributed by atoms with E-state index in [-0.39, 0.29) is 11.4 Å². The van der Waals surface area contributed by atoms with Crippen LogP contribution in [0.2, 0.25) is 0 Å². The van der Waals surface area contributed by atoms with E-state index in [1.807, 2.05) is 11.9 Å². The van der Waals surface area contributed by atoms with Crippen LogP contribution in [-0.4, -0.2) is 93.6 Å². The van der Waals surface area contributed by atoms with Crippen molar-refractivity contribution in [3.63, 3.8) is 0 Å². The molecule has 0 bridgehead atoms. The Labute approximate surface area is 161 Å². The van der Waals surface area contributed by atoms with Crippen LogP contribution >= 0.6 is 0 Å². The molecule has 1 aliphatic rings. The standard InChI is InChI=1S/C18H29N3O5S/c1-19(2)27(24,25)17-6-4-16(5-7-17)26-13-12-21-10-8-15(9-11-21)20(3)14-18(22)23/h4-7,15H,8-14H2,1-3H3,(H,22,23). The monoisotopic (exact) mass is 399 g/mol. The van der Waals surface area contributed by atoms with E-state index >= 15 is 0 Å². The molecule has 0 unspecified atom stereocenters. The predicted molar refractivity (Wildman–Crippen MR) is 103 cm³/mol. The second kappa shape index (κ2) is 9.50. The Hall–Kier alpha value is -1.68. The maximum atomic E-state index is 12.0. The van der Waals surface area contributed by atoms with Gasteiger partial charge in [-0.2, -0.15) is 0 Å². The third kappa shape index (κ3) is 6.17. The van der Waals surface area contributed by atoms with Crippen molar-refractivity contribution < 1.29 is 23.1 Å². The van der Waals surface area contributed by atoms with E-state index in [9.17, 15) is 13.2 Å². The third-order valence-electron chi connectivity index (χ3n) is 4.84. The summed E-state index contributed by atoms with van der Waals surface area (Å²) in [5.41, 5.74) is 0. The molecule has 1 heterocycles. The van der Waals surface area contributed by atoms with Crippen LogP contribution in [0.1, 0.15) is 12.8 Å². The van der Waals surface area contributed by atoms with Crippen LogP contribution in [-0.2, 0) is 14.8 Å². The molecule has 0 radical (unpaired) electrons. The predicted octanol–water partition coefficient (Wildman–Crippen LogP) is 0.797. The minimum Gasteiger partial charge on any atom is -0.492 e. The first-order chi connectivity index (χ1) is 12.7. The fourth-order valence-corrected chi connectivity index (χ4v) is 4.04. The lowest BCUT2D eigenvalue weighted by atomic mass is 10.0. The first-order valence-electron chi connectivity index (χ1n) is 9.00. The van der Waals surface area contributed by atoms with Gasteiger partial charge in [-0.05, 0) is 57.2 Å². The number of carboxylic acid groups (broad SMARTS) is 1. The number of carboxylic acids is 1. The van der Waals surface area contributed by atoms with E-state index in [0.717, 1.165) is 32.5 Å². The summed E-state index contributed by atoms with van der Waals surface area (Å²) in [7, 11) is 1.44. The highest BCUT2D eigenvalue weighted by molar-refractivity contribution is 7.89. The topological polar surface area (TPSA) is 90.4 Å². The van der Waals surface area contributed by atoms with Gasteiger partial charge in [0.2, 0.25) is 10.0 Å². The fraction of sp³-hybridized carbons (Fsp3) is 0.611. The number of piperidine rings is 1. The zero-order chi connectivity index (χ0) is 20.0. The van der Waals surface area contributed by atoms with Crippen molar-refractivity contribution in [3.05, 3.63) is 24.3 Å². The van der Waals surface area contributed by atoms with Crippen LogP contribution in [0.25, 0.3) is 0 Å². The van der Waals surface area contributed by atoms with Crippen LogP contribution in [0.3, 0.4) is 0 Å². The van der Waals surface area contributed by atoms with Gasteiger partial charge >= 0.3 is 5.97 Å². The molecule has 0 atom stereocenters. The lowest BCUT2D eigenvalue weighted by Crippen LogP contribution is -2.45. The van der Waals surface area contributed by atoms with Gasteiger partial charge in [-0.15, -0.1) is 0 Å². The van der Waals surface area contributed by atoms with E-state index in [1.54, 1.807) is 24.3 Å². The molecule has 0 aliphatic carbocycles. The minimum atomic E-state index is -3.42. The van der Waals surface area contributed by atoms with E-state index in [1.165, 1.54) is 18.4 Å². The molecule has 9 heteroatoms. The van der Waals surface area contributed by atoms with Crippen LogP contribution in [0.4, 0.5) is 0 Å². The molecule has 2 rings (SSSR count). The number of hydrogen-bond acceptors (Lipinski definition) is 6. The average molecular weight is 400 g/mol. The Bertz CT molecular complexity index is 713. The summed E-state index contributed by atoms with van der Waals surface area (Å²) >= 11 is 0. The van der Waals surface area contributed by atoms with Gasteiger partial charge in [0.25, 0.3) is 0 Å². The maximum Gasteiger partial charge on any atom is 0.317 e. The summed E-state index contributed by atoms with van der Waals surface area (Å²) in [5.74, 6) is -0.151. The van der Waals surface area contributed by atoms with Crippen molar-refractivity contribution in [2.24, 2.45) is 0 Å². The Morgan fingerprint density at radius 1 is 1.19 bits per heavy atom. The van der Waals surface area contributed by atoms with Crippen LogP contribution < -0.4 is 4.74 Å². The van der Waals surface area contributed by atoms with Gasteiger partial charge in [-0.25, -0.2) is 12.7 Å². The lowest BCUT2D eigenvalue weighted by molar-refractivity contribution is -0.138. The van der Waals surface area contributed by atoms with Gasteiger partial charge in [-0.1, -0.05) is 0 Å². The highest BCUT2D eigenvalue weighted by Gasteiger charge is 2.23. The second-order valence-corrected chi connectivity index (χ2v) is 9.14. The quantitative estimate of drug-likeness (QED) is 0.657. The molecule has 8 nitrogen and oxygen atoms in total. The summed E-state index contributed by atoms with van der Waals surface area (Å²) in [5, 5.41) is 8.88. The van der Waals surface area contributed by atoms with Gasteiger partial charge in [0.05, 0.1) is 11.4 Å². The highest BCUT2D eigenvalue weighted by Crippen LogP contribution is 2.19. The molecule has 1 fully saturated rings. The van der Waals surface area contributed by atoms with Crippen molar-refractivity contribution >= 4 is 16.0 Å². The first-order valence-corrected chi connectivity index (χ1v) is 10.4. The Morgan fingerprint density at radius 2 is 1.78 bits per heavy atom. The molecule has 1 N–H and O–H groups in total. The van der Waals surface area contributed by atoms with Crippen LogP contribution in [0.5, 0.6) is 5.75 Å². The Morgan fingerprint density at radius 3 is 2.30 bits per heavy atom. The molecule has 0 spiro atoms. The number of likely N-dealkylation sites (tertiary alicyclic amines) is 1. The molecule has 0 saturated carbocycles. The van der Waals surface area contributed by atoms with Gasteiger partial charge in [-0.3, -0.25) is 14.6 Å². The zero-order valence-electron chi connectivity index (χ0n) is 16.2. The van der Waals surface area contributed by atoms with Gasteiger partial charge in [0, 0.05) is 26.7 Å². The summed E-state index contributed by atoms with van der Waals surface area (Å²) < 4.78 is 31.0. The van der Waals surface area contributed by atoms with Gasteiger partial charge in [0.15, 0.2) is 0 Å². The van der Waals surface area contributed by atoms with Crippen molar-refractivity contribution in [2.45, 2.75) is 23.8 Å². The molecule has 1 aliphatic heterocycles. The van der Waals surface area contributed by atoms with Crippen molar-refractivity contribution in [1.29, 1.82) is 0 Å². The molecule has 1 aromatic carbocycles. The number of carbonyl (C=O) groups is 1. The fourth-order valence-electron chi connectivity index (χ4n) is 3.14. The lowest BCUT2D eigenvalue weighted by Gasteiger charge is -2.36. The smallest absolute Gasteiger partial charge is 0.317 e. The summed E-state index contributed by atoms with van der Waals surface area (Å²) in [6, 6.07) is 6.75. The number of rotatable bonds is 9. The van der Waals surface area contributed by atoms with Crippen molar-refractivity contribution in [2.75, 3.05) is 53.9 Å². The number of hydrogen-bond donors (Lipinski definition) is 1.